The van der Waals surface area contributed by atoms with Crippen molar-refractivity contribution in [3.63, 3.8) is 0 Å². The van der Waals surface area contributed by atoms with Crippen molar-refractivity contribution in [2.75, 3.05) is 13.1 Å². The maximum Gasteiger partial charge on any atom is 0.392 e. The average Bonchev–Trinajstić information content (AvgIpc) is 2.91. The third kappa shape index (κ3) is 4.27. The third-order valence-electron chi connectivity index (χ3n) is 4.30. The first kappa shape index (κ1) is 20.0. The van der Waals surface area contributed by atoms with Gasteiger partial charge in [0.25, 0.3) is 0 Å². The summed E-state index contributed by atoms with van der Waals surface area (Å²) in [5, 5.41) is 8.13. The van der Waals surface area contributed by atoms with Crippen LogP contribution in [0.25, 0.3) is 0 Å². The highest BCUT2D eigenvalue weighted by Crippen LogP contribution is 2.34. The van der Waals surface area contributed by atoms with Gasteiger partial charge in [-0.3, -0.25) is 9.69 Å². The highest BCUT2D eigenvalue weighted by atomic mass is 35.5. The molecule has 140 valence electrons. The van der Waals surface area contributed by atoms with Gasteiger partial charge in [0.15, 0.2) is 9.84 Å². The molecule has 0 saturated carbocycles. The Labute approximate surface area is 148 Å². The first-order valence-corrected chi connectivity index (χ1v) is 9.39. The number of aliphatic carboxylic acids is 1. The zero-order valence-electron chi connectivity index (χ0n) is 13.2. The van der Waals surface area contributed by atoms with Gasteiger partial charge in [-0.1, -0.05) is 30.7 Å². The molecule has 0 aliphatic carbocycles. The summed E-state index contributed by atoms with van der Waals surface area (Å²) < 4.78 is 63.8. The highest BCUT2D eigenvalue weighted by molar-refractivity contribution is 7.92. The minimum atomic E-state index is -4.48. The summed E-state index contributed by atoms with van der Waals surface area (Å²) in [7, 11) is -3.96. The normalized spacial score (nSPS) is 23.6. The second-order valence-corrected chi connectivity index (χ2v) is 8.69. The highest BCUT2D eigenvalue weighted by Gasteiger charge is 2.46. The van der Waals surface area contributed by atoms with Gasteiger partial charge in [-0.05, 0) is 18.6 Å². The molecule has 1 saturated heterocycles. The predicted octanol–water partition coefficient (Wildman–Crippen LogP) is 2.84. The molecule has 5 nitrogen and oxygen atoms in total. The summed E-state index contributed by atoms with van der Waals surface area (Å²) in [6.45, 7) is 0.0781. The lowest BCUT2D eigenvalue weighted by molar-refractivity contribution is -0.176. The maximum absolute atomic E-state index is 12.8. The molecule has 3 atom stereocenters. The van der Waals surface area contributed by atoms with E-state index in [2.05, 4.69) is 0 Å². The lowest BCUT2D eigenvalue weighted by atomic mass is 10.1. The quantitative estimate of drug-likeness (QED) is 0.824. The largest absolute Gasteiger partial charge is 0.480 e. The van der Waals surface area contributed by atoms with Crippen molar-refractivity contribution in [3.05, 3.63) is 29.3 Å². The van der Waals surface area contributed by atoms with Crippen molar-refractivity contribution in [1.29, 1.82) is 0 Å². The fraction of sp³-hybridized carbons (Fsp3) is 0.533. The van der Waals surface area contributed by atoms with Crippen LogP contribution in [0.2, 0.25) is 5.02 Å². The molecule has 25 heavy (non-hydrogen) atoms. The number of carboxylic acid groups (broad SMARTS) is 1. The Morgan fingerprint density at radius 1 is 1.40 bits per heavy atom. The smallest absolute Gasteiger partial charge is 0.392 e. The van der Waals surface area contributed by atoms with Gasteiger partial charge in [0.2, 0.25) is 0 Å². The van der Waals surface area contributed by atoms with Gasteiger partial charge in [-0.25, -0.2) is 8.42 Å². The molecule has 1 aromatic rings. The van der Waals surface area contributed by atoms with Gasteiger partial charge < -0.3 is 5.11 Å². The van der Waals surface area contributed by atoms with Gasteiger partial charge in [-0.2, -0.15) is 13.2 Å². The van der Waals surface area contributed by atoms with Crippen LogP contribution < -0.4 is 0 Å². The number of alkyl halides is 3. The number of carboxylic acids is 1. The fourth-order valence-electron chi connectivity index (χ4n) is 2.86. The SMILES string of the molecule is CC(CN1C[C@H](S(=O)(=O)c2ccccc2Cl)C[C@H]1C(=O)O)C(F)(F)F. The van der Waals surface area contributed by atoms with Crippen LogP contribution in [0.15, 0.2) is 29.2 Å². The number of carbonyl (C=O) groups is 1. The molecule has 0 aromatic heterocycles. The minimum Gasteiger partial charge on any atom is -0.480 e. The summed E-state index contributed by atoms with van der Waals surface area (Å²) >= 11 is 5.91. The minimum absolute atomic E-state index is 0.00326. The molecule has 0 bridgehead atoms. The van der Waals surface area contributed by atoms with Gasteiger partial charge in [0.05, 0.1) is 21.1 Å². The maximum atomic E-state index is 12.8. The van der Waals surface area contributed by atoms with Crippen LogP contribution in [0.3, 0.4) is 0 Å². The van der Waals surface area contributed by atoms with Crippen LogP contribution in [0.1, 0.15) is 13.3 Å². The number of halogens is 4. The van der Waals surface area contributed by atoms with Crippen LogP contribution in [-0.2, 0) is 14.6 Å². The van der Waals surface area contributed by atoms with Crippen LogP contribution in [0.4, 0.5) is 13.2 Å². The lowest BCUT2D eigenvalue weighted by Gasteiger charge is -2.26. The van der Waals surface area contributed by atoms with Crippen molar-refractivity contribution in [2.45, 2.75) is 35.7 Å². The molecule has 0 amide bonds. The molecule has 0 spiro atoms. The molecule has 1 aromatic carbocycles. The standard InChI is InChI=1S/C15H17ClF3NO4S/c1-9(15(17,18)19)7-20-8-10(6-12(20)14(21)22)25(23,24)13-5-3-2-4-11(13)16/h2-5,9-10,12H,6-8H2,1H3,(H,21,22)/t9?,10-,12+/m1/s1. The van der Waals surface area contributed by atoms with E-state index in [1.807, 2.05) is 0 Å². The van der Waals surface area contributed by atoms with Crippen LogP contribution >= 0.6 is 11.6 Å². The Bertz CT molecular complexity index is 753. The van der Waals surface area contributed by atoms with E-state index in [9.17, 15) is 31.5 Å². The Morgan fingerprint density at radius 2 is 2.00 bits per heavy atom. The Morgan fingerprint density at radius 3 is 2.52 bits per heavy atom. The van der Waals surface area contributed by atoms with Gasteiger partial charge >= 0.3 is 12.1 Å². The van der Waals surface area contributed by atoms with E-state index < -0.39 is 45.7 Å². The van der Waals surface area contributed by atoms with E-state index in [0.717, 1.165) is 11.8 Å². The second kappa shape index (κ2) is 7.13. The second-order valence-electron chi connectivity index (χ2n) is 6.08. The van der Waals surface area contributed by atoms with E-state index >= 15 is 0 Å². The van der Waals surface area contributed by atoms with Crippen molar-refractivity contribution in [2.24, 2.45) is 5.92 Å². The number of rotatable bonds is 5. The molecular formula is C15H17ClF3NO4S. The van der Waals surface area contributed by atoms with Crippen LogP contribution in [-0.4, -0.2) is 55.0 Å². The molecule has 1 heterocycles. The Hall–Kier alpha value is -1.32. The zero-order valence-corrected chi connectivity index (χ0v) is 14.8. The van der Waals surface area contributed by atoms with Crippen molar-refractivity contribution >= 4 is 27.4 Å². The molecule has 1 N–H and O–H groups in total. The molecule has 2 rings (SSSR count). The van der Waals surface area contributed by atoms with Gasteiger partial charge in [0.1, 0.15) is 6.04 Å². The van der Waals surface area contributed by atoms with E-state index in [4.69, 9.17) is 11.6 Å². The topological polar surface area (TPSA) is 74.7 Å². The van der Waals surface area contributed by atoms with Crippen LogP contribution in [0.5, 0.6) is 0 Å². The number of nitrogens with zero attached hydrogens (tertiary/aromatic N) is 1. The predicted molar refractivity (Wildman–Crippen MR) is 85.3 cm³/mol. The first-order valence-electron chi connectivity index (χ1n) is 7.46. The van der Waals surface area contributed by atoms with E-state index in [0.29, 0.717) is 0 Å². The Kier molecular flexibility index (Phi) is 5.70. The summed E-state index contributed by atoms with van der Waals surface area (Å²) in [5.41, 5.74) is 0. The third-order valence-corrected chi connectivity index (χ3v) is 6.93. The first-order chi connectivity index (χ1) is 11.4. The fourth-order valence-corrected chi connectivity index (χ4v) is 5.10. The van der Waals surface area contributed by atoms with Crippen molar-refractivity contribution in [3.8, 4) is 0 Å². The molecule has 1 fully saturated rings. The number of hydrogen-bond donors (Lipinski definition) is 1. The molecule has 1 unspecified atom stereocenters. The molecule has 1 aliphatic rings. The van der Waals surface area contributed by atoms with E-state index in [-0.39, 0.29) is 22.9 Å². The molecule has 1 aliphatic heterocycles. The van der Waals surface area contributed by atoms with Crippen molar-refractivity contribution < 1.29 is 31.5 Å². The summed E-state index contributed by atoms with van der Waals surface area (Å²) in [4.78, 5) is 12.3. The summed E-state index contributed by atoms with van der Waals surface area (Å²) in [6.07, 6.45) is -4.77. The number of sulfone groups is 1. The summed E-state index contributed by atoms with van der Waals surface area (Å²) in [5.74, 6) is -3.11. The van der Waals surface area contributed by atoms with E-state index in [1.54, 1.807) is 6.07 Å². The number of hydrogen-bond acceptors (Lipinski definition) is 4. The molecule has 10 heteroatoms. The number of benzene rings is 1. The van der Waals surface area contributed by atoms with Gasteiger partial charge in [-0.15, -0.1) is 0 Å². The molecular weight excluding hydrogens is 383 g/mol. The average molecular weight is 400 g/mol. The Balaban J connectivity index is 2.27. The van der Waals surface area contributed by atoms with Gasteiger partial charge in [0, 0.05) is 13.1 Å². The summed E-state index contributed by atoms with van der Waals surface area (Å²) in [6, 6.07) is 4.43. The lowest BCUT2D eigenvalue weighted by Crippen LogP contribution is -2.42. The zero-order chi connectivity index (χ0) is 19.0. The van der Waals surface area contributed by atoms with Crippen molar-refractivity contribution in [1.82, 2.24) is 4.90 Å². The van der Waals surface area contributed by atoms with E-state index in [1.165, 1.54) is 18.2 Å². The monoisotopic (exact) mass is 399 g/mol. The number of likely N-dealkylation sites (tertiary alicyclic amines) is 1. The molecule has 0 radical (unpaired) electrons. The van der Waals surface area contributed by atoms with Crippen LogP contribution in [0, 0.1) is 5.92 Å².